The normalized spacial score (nSPS) is 12.8. The second-order valence-corrected chi connectivity index (χ2v) is 12.9. The Bertz CT molecular complexity index is 575. The first-order valence-electron chi connectivity index (χ1n) is 18.9. The van der Waals surface area contributed by atoms with Crippen LogP contribution in [0.15, 0.2) is 0 Å². The molecule has 42 heavy (non-hydrogen) atoms. The zero-order chi connectivity index (χ0) is 30.9. The summed E-state index contributed by atoms with van der Waals surface area (Å²) in [4.78, 5) is 24.5. The van der Waals surface area contributed by atoms with Gasteiger partial charge in [-0.05, 0) is 38.0 Å². The first-order chi connectivity index (χ1) is 20.6. The van der Waals surface area contributed by atoms with Gasteiger partial charge in [0.25, 0.3) is 0 Å². The van der Waals surface area contributed by atoms with Crippen LogP contribution in [0, 0.1) is 11.8 Å². The van der Waals surface area contributed by atoms with E-state index in [-0.39, 0.29) is 17.9 Å². The molecule has 4 nitrogen and oxygen atoms in total. The SMILES string of the molecule is CCCCCCCCOC(=O)CCCCCCCCCCCCCCC(CC)C(CC)C(=O)OCCCCCCCC. The summed E-state index contributed by atoms with van der Waals surface area (Å²) in [6.07, 6.45) is 33.7. The Hall–Kier alpha value is -1.06. The maximum absolute atomic E-state index is 12.7. The van der Waals surface area contributed by atoms with Crippen molar-refractivity contribution in [3.63, 3.8) is 0 Å². The smallest absolute Gasteiger partial charge is 0.309 e. The largest absolute Gasteiger partial charge is 0.466 e. The fraction of sp³-hybridized carbons (Fsp3) is 0.947. The number of ether oxygens (including phenoxy) is 2. The average molecular weight is 595 g/mol. The summed E-state index contributed by atoms with van der Waals surface area (Å²) < 4.78 is 11.1. The number of esters is 2. The highest BCUT2D eigenvalue weighted by atomic mass is 16.5. The second kappa shape index (κ2) is 32.8. The van der Waals surface area contributed by atoms with Crippen LogP contribution in [0.5, 0.6) is 0 Å². The summed E-state index contributed by atoms with van der Waals surface area (Å²) in [5, 5.41) is 0. The molecule has 0 aromatic rings. The monoisotopic (exact) mass is 595 g/mol. The first kappa shape index (κ1) is 40.9. The highest BCUT2D eigenvalue weighted by Gasteiger charge is 2.26. The molecule has 0 aromatic carbocycles. The molecule has 0 radical (unpaired) electrons. The number of carbonyl (C=O) groups excluding carboxylic acids is 2. The second-order valence-electron chi connectivity index (χ2n) is 12.9. The van der Waals surface area contributed by atoms with E-state index in [2.05, 4.69) is 27.7 Å². The fourth-order valence-electron chi connectivity index (χ4n) is 6.13. The Morgan fingerprint density at radius 3 is 1.31 bits per heavy atom. The van der Waals surface area contributed by atoms with Gasteiger partial charge in [-0.2, -0.15) is 0 Å². The van der Waals surface area contributed by atoms with Crippen LogP contribution in [0.3, 0.4) is 0 Å². The third-order valence-corrected chi connectivity index (χ3v) is 9.04. The van der Waals surface area contributed by atoms with E-state index >= 15 is 0 Å². The van der Waals surface area contributed by atoms with Gasteiger partial charge in [-0.25, -0.2) is 0 Å². The van der Waals surface area contributed by atoms with Gasteiger partial charge in [0.2, 0.25) is 0 Å². The predicted octanol–water partition coefficient (Wildman–Crippen LogP) is 12.3. The summed E-state index contributed by atoms with van der Waals surface area (Å²) in [6, 6.07) is 0. The van der Waals surface area contributed by atoms with E-state index in [1.54, 1.807) is 0 Å². The van der Waals surface area contributed by atoms with Crippen LogP contribution in [0.2, 0.25) is 0 Å². The molecule has 0 saturated heterocycles. The predicted molar refractivity (Wildman–Crippen MR) is 181 cm³/mol. The van der Waals surface area contributed by atoms with Crippen LogP contribution in [-0.4, -0.2) is 25.2 Å². The van der Waals surface area contributed by atoms with Gasteiger partial charge >= 0.3 is 11.9 Å². The average Bonchev–Trinajstić information content (AvgIpc) is 2.99. The van der Waals surface area contributed by atoms with E-state index < -0.39 is 0 Å². The van der Waals surface area contributed by atoms with Crippen LogP contribution >= 0.6 is 0 Å². The molecule has 0 aliphatic carbocycles. The summed E-state index contributed by atoms with van der Waals surface area (Å²) in [5.74, 6) is 0.612. The maximum atomic E-state index is 12.7. The van der Waals surface area contributed by atoms with Crippen molar-refractivity contribution in [2.45, 2.75) is 207 Å². The zero-order valence-corrected chi connectivity index (χ0v) is 29.0. The lowest BCUT2D eigenvalue weighted by atomic mass is 9.84. The highest BCUT2D eigenvalue weighted by Crippen LogP contribution is 2.27. The van der Waals surface area contributed by atoms with Crippen LogP contribution in [-0.2, 0) is 19.1 Å². The molecule has 0 fully saturated rings. The van der Waals surface area contributed by atoms with E-state index in [1.165, 1.54) is 128 Å². The lowest BCUT2D eigenvalue weighted by Gasteiger charge is -2.23. The number of hydrogen-bond acceptors (Lipinski definition) is 4. The maximum Gasteiger partial charge on any atom is 0.309 e. The molecule has 0 aromatic heterocycles. The van der Waals surface area contributed by atoms with Crippen molar-refractivity contribution in [3.05, 3.63) is 0 Å². The van der Waals surface area contributed by atoms with Gasteiger partial charge in [0.05, 0.1) is 19.1 Å². The van der Waals surface area contributed by atoms with Gasteiger partial charge in [-0.1, -0.05) is 169 Å². The van der Waals surface area contributed by atoms with Crippen LogP contribution < -0.4 is 0 Å². The molecular formula is C38H74O4. The number of unbranched alkanes of at least 4 members (excludes halogenated alkanes) is 21. The van der Waals surface area contributed by atoms with Crippen molar-refractivity contribution in [3.8, 4) is 0 Å². The molecule has 2 unspecified atom stereocenters. The van der Waals surface area contributed by atoms with E-state index in [9.17, 15) is 9.59 Å². The summed E-state index contributed by atoms with van der Waals surface area (Å²) in [7, 11) is 0. The number of rotatable bonds is 33. The van der Waals surface area contributed by atoms with Gasteiger partial charge in [0.1, 0.15) is 0 Å². The van der Waals surface area contributed by atoms with E-state index in [4.69, 9.17) is 9.47 Å². The van der Waals surface area contributed by atoms with Crippen LogP contribution in [0.1, 0.15) is 207 Å². The molecule has 4 heteroatoms. The Balaban J connectivity index is 3.59. The van der Waals surface area contributed by atoms with E-state index in [0.29, 0.717) is 25.6 Å². The molecule has 0 N–H and O–H groups in total. The molecular weight excluding hydrogens is 520 g/mol. The quantitative estimate of drug-likeness (QED) is 0.0560. The lowest BCUT2D eigenvalue weighted by Crippen LogP contribution is -2.25. The molecule has 0 amide bonds. The van der Waals surface area contributed by atoms with Gasteiger partial charge in [0, 0.05) is 6.42 Å². The van der Waals surface area contributed by atoms with Crippen LogP contribution in [0.4, 0.5) is 0 Å². The highest BCUT2D eigenvalue weighted by molar-refractivity contribution is 5.72. The molecule has 0 bridgehead atoms. The van der Waals surface area contributed by atoms with Gasteiger partial charge in [-0.15, -0.1) is 0 Å². The van der Waals surface area contributed by atoms with E-state index in [0.717, 1.165) is 44.9 Å². The van der Waals surface area contributed by atoms with Crippen molar-refractivity contribution in [1.82, 2.24) is 0 Å². The van der Waals surface area contributed by atoms with Crippen molar-refractivity contribution < 1.29 is 19.1 Å². The van der Waals surface area contributed by atoms with Crippen molar-refractivity contribution in [1.29, 1.82) is 0 Å². The number of hydrogen-bond donors (Lipinski definition) is 0. The van der Waals surface area contributed by atoms with Crippen molar-refractivity contribution >= 4 is 11.9 Å². The van der Waals surface area contributed by atoms with Gasteiger partial charge in [0.15, 0.2) is 0 Å². The standard InChI is InChI=1S/C38H74O4/c1-5-9-11-13-25-29-33-41-37(39)32-28-24-22-20-18-16-15-17-19-21-23-27-31-35(7-3)36(8-4)38(40)42-34-30-26-14-12-10-6-2/h35-36H,5-34H2,1-4H3. The molecule has 0 aliphatic heterocycles. The molecule has 0 heterocycles. The fourth-order valence-corrected chi connectivity index (χ4v) is 6.13. The molecule has 0 rings (SSSR count). The minimum atomic E-state index is 0.000243. The molecule has 250 valence electrons. The van der Waals surface area contributed by atoms with E-state index in [1.807, 2.05) is 0 Å². The zero-order valence-electron chi connectivity index (χ0n) is 29.0. The topological polar surface area (TPSA) is 52.6 Å². The number of carbonyl (C=O) groups is 2. The Kier molecular flexibility index (Phi) is 32.0. The van der Waals surface area contributed by atoms with Gasteiger partial charge in [-0.3, -0.25) is 9.59 Å². The summed E-state index contributed by atoms with van der Waals surface area (Å²) in [6.45, 7) is 10.1. The van der Waals surface area contributed by atoms with Crippen molar-refractivity contribution in [2.24, 2.45) is 11.8 Å². The first-order valence-corrected chi connectivity index (χ1v) is 18.9. The van der Waals surface area contributed by atoms with Gasteiger partial charge < -0.3 is 9.47 Å². The Morgan fingerprint density at radius 1 is 0.452 bits per heavy atom. The minimum Gasteiger partial charge on any atom is -0.466 e. The van der Waals surface area contributed by atoms with Crippen LogP contribution in [0.25, 0.3) is 0 Å². The van der Waals surface area contributed by atoms with Crippen molar-refractivity contribution in [2.75, 3.05) is 13.2 Å². The minimum absolute atomic E-state index is 0.000243. The molecule has 0 aliphatic rings. The third kappa shape index (κ3) is 26.6. The molecule has 2 atom stereocenters. The Labute approximate surface area is 263 Å². The molecule has 0 spiro atoms. The molecule has 0 saturated carbocycles. The Morgan fingerprint density at radius 2 is 0.857 bits per heavy atom. The lowest BCUT2D eigenvalue weighted by molar-refractivity contribution is -0.151. The summed E-state index contributed by atoms with van der Waals surface area (Å²) >= 11 is 0. The summed E-state index contributed by atoms with van der Waals surface area (Å²) in [5.41, 5.74) is 0. The third-order valence-electron chi connectivity index (χ3n) is 9.04.